The van der Waals surface area contributed by atoms with Gasteiger partial charge in [0.15, 0.2) is 0 Å². The van der Waals surface area contributed by atoms with Gasteiger partial charge in [-0.15, -0.1) is 0 Å². The highest BCUT2D eigenvalue weighted by atomic mass is 16.5. The summed E-state index contributed by atoms with van der Waals surface area (Å²) >= 11 is 0. The van der Waals surface area contributed by atoms with Gasteiger partial charge in [0.2, 0.25) is 0 Å². The summed E-state index contributed by atoms with van der Waals surface area (Å²) in [6.07, 6.45) is 1.23. The summed E-state index contributed by atoms with van der Waals surface area (Å²) in [6, 6.07) is 0. The fraction of sp³-hybridized carbons (Fsp3) is 1.00. The Kier molecular flexibility index (Phi) is 4.78. The largest absolute Gasteiger partial charge is 0.384 e. The molecule has 1 nitrogen and oxygen atoms in total. The van der Waals surface area contributed by atoms with E-state index in [1.54, 1.807) is 7.11 Å². The average molecular weight is 130 g/mol. The Bertz CT molecular complexity index is 59.6. The van der Waals surface area contributed by atoms with Crippen LogP contribution in [0, 0.1) is 11.8 Å². The smallest absolute Gasteiger partial charge is 0.0492 e. The molecule has 1 atom stereocenters. The van der Waals surface area contributed by atoms with Crippen molar-refractivity contribution < 1.29 is 4.74 Å². The predicted molar refractivity (Wildman–Crippen MR) is 40.5 cm³/mol. The SMILES string of the molecule is CCC(COC)C(C)C. The van der Waals surface area contributed by atoms with Gasteiger partial charge in [0, 0.05) is 13.7 Å². The van der Waals surface area contributed by atoms with Gasteiger partial charge in [0.25, 0.3) is 0 Å². The quantitative estimate of drug-likeness (QED) is 0.567. The van der Waals surface area contributed by atoms with Crippen LogP contribution in [-0.2, 0) is 4.74 Å². The van der Waals surface area contributed by atoms with E-state index in [-0.39, 0.29) is 0 Å². The molecule has 0 bridgehead atoms. The first-order valence-electron chi connectivity index (χ1n) is 3.71. The van der Waals surface area contributed by atoms with Crippen molar-refractivity contribution in [3.05, 3.63) is 0 Å². The summed E-state index contributed by atoms with van der Waals surface area (Å²) in [6.45, 7) is 7.61. The molecule has 0 saturated heterocycles. The van der Waals surface area contributed by atoms with Crippen LogP contribution in [0.5, 0.6) is 0 Å². The molecule has 56 valence electrons. The van der Waals surface area contributed by atoms with Gasteiger partial charge in [0.05, 0.1) is 0 Å². The number of hydrogen-bond donors (Lipinski definition) is 0. The van der Waals surface area contributed by atoms with Gasteiger partial charge in [-0.1, -0.05) is 27.2 Å². The molecule has 0 aromatic carbocycles. The van der Waals surface area contributed by atoms with E-state index in [1.165, 1.54) is 6.42 Å². The Morgan fingerprint density at radius 3 is 2.00 bits per heavy atom. The van der Waals surface area contributed by atoms with E-state index in [9.17, 15) is 0 Å². The highest BCUT2D eigenvalue weighted by Gasteiger charge is 2.08. The van der Waals surface area contributed by atoms with Crippen LogP contribution in [-0.4, -0.2) is 13.7 Å². The van der Waals surface area contributed by atoms with Gasteiger partial charge in [-0.05, 0) is 11.8 Å². The van der Waals surface area contributed by atoms with Crippen LogP contribution in [0.15, 0.2) is 0 Å². The standard InChI is InChI=1S/C8H18O/c1-5-8(6-9-4)7(2)3/h7-8H,5-6H2,1-4H3. The van der Waals surface area contributed by atoms with E-state index in [0.29, 0.717) is 0 Å². The molecule has 0 rings (SSSR count). The molecule has 0 aliphatic rings. The molecule has 0 fully saturated rings. The topological polar surface area (TPSA) is 9.23 Å². The van der Waals surface area contributed by atoms with Crippen LogP contribution in [0.1, 0.15) is 27.2 Å². The predicted octanol–water partition coefficient (Wildman–Crippen LogP) is 2.32. The monoisotopic (exact) mass is 130 g/mol. The average Bonchev–Trinajstić information content (AvgIpc) is 1.82. The van der Waals surface area contributed by atoms with Gasteiger partial charge in [0.1, 0.15) is 0 Å². The minimum absolute atomic E-state index is 0.745. The summed E-state index contributed by atoms with van der Waals surface area (Å²) in [5.74, 6) is 1.50. The lowest BCUT2D eigenvalue weighted by molar-refractivity contribution is 0.127. The molecule has 0 radical (unpaired) electrons. The highest BCUT2D eigenvalue weighted by molar-refractivity contribution is 4.58. The molecule has 0 spiro atoms. The summed E-state index contributed by atoms with van der Waals surface area (Å²) in [5.41, 5.74) is 0. The minimum Gasteiger partial charge on any atom is -0.384 e. The van der Waals surface area contributed by atoms with E-state index in [1.807, 2.05) is 0 Å². The minimum atomic E-state index is 0.745. The lowest BCUT2D eigenvalue weighted by atomic mass is 9.94. The first kappa shape index (κ1) is 8.96. The fourth-order valence-corrected chi connectivity index (χ4v) is 0.996. The molecule has 0 aromatic rings. The molecule has 1 heteroatoms. The van der Waals surface area contributed by atoms with Gasteiger partial charge in [-0.2, -0.15) is 0 Å². The Morgan fingerprint density at radius 1 is 1.33 bits per heavy atom. The lowest BCUT2D eigenvalue weighted by Crippen LogP contribution is -2.13. The van der Waals surface area contributed by atoms with Crippen molar-refractivity contribution in [3.63, 3.8) is 0 Å². The van der Waals surface area contributed by atoms with Crippen molar-refractivity contribution in [2.75, 3.05) is 13.7 Å². The zero-order valence-corrected chi connectivity index (χ0v) is 6.98. The summed E-state index contributed by atoms with van der Waals surface area (Å²) in [7, 11) is 1.77. The Hall–Kier alpha value is -0.0400. The number of ether oxygens (including phenoxy) is 1. The lowest BCUT2D eigenvalue weighted by Gasteiger charge is -2.16. The molecule has 0 N–H and O–H groups in total. The van der Waals surface area contributed by atoms with Gasteiger partial charge in [-0.3, -0.25) is 0 Å². The van der Waals surface area contributed by atoms with Crippen molar-refractivity contribution in [1.82, 2.24) is 0 Å². The van der Waals surface area contributed by atoms with Crippen LogP contribution < -0.4 is 0 Å². The van der Waals surface area contributed by atoms with E-state index in [4.69, 9.17) is 4.74 Å². The van der Waals surface area contributed by atoms with E-state index < -0.39 is 0 Å². The number of hydrogen-bond acceptors (Lipinski definition) is 1. The summed E-state index contributed by atoms with van der Waals surface area (Å²) < 4.78 is 5.06. The van der Waals surface area contributed by atoms with Gasteiger partial charge >= 0.3 is 0 Å². The molecular formula is C8H18O. The van der Waals surface area contributed by atoms with Crippen LogP contribution in [0.3, 0.4) is 0 Å². The maximum atomic E-state index is 5.06. The second kappa shape index (κ2) is 4.80. The molecule has 1 unspecified atom stereocenters. The van der Waals surface area contributed by atoms with E-state index in [0.717, 1.165) is 18.4 Å². The van der Waals surface area contributed by atoms with Crippen LogP contribution in [0.4, 0.5) is 0 Å². The first-order valence-corrected chi connectivity index (χ1v) is 3.71. The van der Waals surface area contributed by atoms with Crippen LogP contribution in [0.2, 0.25) is 0 Å². The molecule has 9 heavy (non-hydrogen) atoms. The zero-order valence-electron chi connectivity index (χ0n) is 6.98. The maximum Gasteiger partial charge on any atom is 0.0492 e. The third-order valence-electron chi connectivity index (χ3n) is 1.85. The van der Waals surface area contributed by atoms with Crippen molar-refractivity contribution in [2.45, 2.75) is 27.2 Å². The third-order valence-corrected chi connectivity index (χ3v) is 1.85. The van der Waals surface area contributed by atoms with Gasteiger partial charge < -0.3 is 4.74 Å². The Labute approximate surface area is 58.4 Å². The van der Waals surface area contributed by atoms with Crippen LogP contribution in [0.25, 0.3) is 0 Å². The molecule has 0 aliphatic heterocycles. The van der Waals surface area contributed by atoms with Crippen molar-refractivity contribution in [1.29, 1.82) is 0 Å². The van der Waals surface area contributed by atoms with E-state index in [2.05, 4.69) is 20.8 Å². The molecule has 0 aromatic heterocycles. The molecule has 0 heterocycles. The molecular weight excluding hydrogens is 112 g/mol. The van der Waals surface area contributed by atoms with Crippen molar-refractivity contribution >= 4 is 0 Å². The van der Waals surface area contributed by atoms with Crippen LogP contribution >= 0.6 is 0 Å². The normalized spacial score (nSPS) is 14.3. The number of rotatable bonds is 4. The highest BCUT2D eigenvalue weighted by Crippen LogP contribution is 2.13. The second-order valence-corrected chi connectivity index (χ2v) is 2.87. The molecule has 0 aliphatic carbocycles. The Balaban J connectivity index is 3.41. The first-order chi connectivity index (χ1) is 4.22. The number of methoxy groups -OCH3 is 1. The zero-order chi connectivity index (χ0) is 7.28. The molecule has 0 amide bonds. The van der Waals surface area contributed by atoms with Gasteiger partial charge in [-0.25, -0.2) is 0 Å². The second-order valence-electron chi connectivity index (χ2n) is 2.87. The summed E-state index contributed by atoms with van der Waals surface area (Å²) in [5, 5.41) is 0. The van der Waals surface area contributed by atoms with Crippen molar-refractivity contribution in [3.8, 4) is 0 Å². The molecule has 0 saturated carbocycles. The maximum absolute atomic E-state index is 5.06. The third kappa shape index (κ3) is 3.52. The van der Waals surface area contributed by atoms with E-state index >= 15 is 0 Å². The summed E-state index contributed by atoms with van der Waals surface area (Å²) in [4.78, 5) is 0. The fourth-order valence-electron chi connectivity index (χ4n) is 0.996. The van der Waals surface area contributed by atoms with Crippen molar-refractivity contribution in [2.24, 2.45) is 11.8 Å². The Morgan fingerprint density at radius 2 is 1.89 bits per heavy atom.